The van der Waals surface area contributed by atoms with Crippen LogP contribution in [-0.2, 0) is 24.0 Å². The van der Waals surface area contributed by atoms with Crippen molar-refractivity contribution < 1.29 is 27.9 Å². The molecule has 3 rings (SSSR count). The van der Waals surface area contributed by atoms with Gasteiger partial charge < -0.3 is 0 Å². The maximum absolute atomic E-state index is 14.2. The number of furan rings is 1. The van der Waals surface area contributed by atoms with Crippen molar-refractivity contribution in [3.8, 4) is 0 Å². The normalized spacial score (nSPS) is 27.0. The van der Waals surface area contributed by atoms with Gasteiger partial charge in [0.05, 0.1) is 0 Å². The van der Waals surface area contributed by atoms with E-state index >= 15 is 0 Å². The van der Waals surface area contributed by atoms with Gasteiger partial charge in [-0.2, -0.15) is 0 Å². The van der Waals surface area contributed by atoms with Crippen molar-refractivity contribution in [1.29, 1.82) is 0 Å². The third-order valence-corrected chi connectivity index (χ3v) is 23.9. The molecule has 1 aliphatic rings. The number of benzene rings is 1. The molecule has 0 unspecified atom stereocenters. The zero-order valence-corrected chi connectivity index (χ0v) is 35.3. The molecule has 1 heterocycles. The van der Waals surface area contributed by atoms with Gasteiger partial charge in [0.1, 0.15) is 0 Å². The van der Waals surface area contributed by atoms with Crippen molar-refractivity contribution in [2.45, 2.75) is 140 Å². The molecule has 45 heavy (non-hydrogen) atoms. The van der Waals surface area contributed by atoms with Crippen LogP contribution in [-0.4, -0.2) is 69.6 Å². The van der Waals surface area contributed by atoms with E-state index in [9.17, 15) is 9.90 Å². The minimum atomic E-state index is -2.55. The number of rotatable bonds is 10. The zero-order chi connectivity index (χ0) is 34.4. The van der Waals surface area contributed by atoms with E-state index in [1.165, 1.54) is 4.46 Å². The van der Waals surface area contributed by atoms with Gasteiger partial charge in [-0.25, -0.2) is 0 Å². The molecule has 1 aromatic carbocycles. The van der Waals surface area contributed by atoms with E-state index in [1.54, 1.807) is 6.26 Å². The molecule has 1 fully saturated rings. The van der Waals surface area contributed by atoms with Crippen LogP contribution in [0.3, 0.4) is 0 Å². The molecule has 2 aromatic rings. The van der Waals surface area contributed by atoms with E-state index < -0.39 is 58.7 Å². The van der Waals surface area contributed by atoms with Crippen LogP contribution in [0.4, 0.5) is 0 Å². The van der Waals surface area contributed by atoms with Gasteiger partial charge >= 0.3 is 284 Å². The van der Waals surface area contributed by atoms with Gasteiger partial charge in [-0.3, -0.25) is 0 Å². The van der Waals surface area contributed by atoms with Gasteiger partial charge in [-0.1, -0.05) is 0 Å². The number of esters is 1. The van der Waals surface area contributed by atoms with Crippen molar-refractivity contribution >= 4 is 55.5 Å². The average Bonchev–Trinajstić information content (AvgIpc) is 3.39. The van der Waals surface area contributed by atoms with Crippen molar-refractivity contribution in [3.63, 3.8) is 0 Å². The number of ether oxygens (including phenoxy) is 1. The molecule has 1 aromatic heterocycles. The van der Waals surface area contributed by atoms with Crippen LogP contribution in [0.15, 0.2) is 47.1 Å². The summed E-state index contributed by atoms with van der Waals surface area (Å²) in [6.45, 7) is 33.3. The summed E-state index contributed by atoms with van der Waals surface area (Å²) in [4.78, 5) is 14.2. The van der Waals surface area contributed by atoms with E-state index in [0.717, 1.165) is 5.38 Å². The molecule has 254 valence electrons. The molecule has 6 nitrogen and oxygen atoms in total. The minimum absolute atomic E-state index is 0.0790. The predicted molar refractivity (Wildman–Crippen MR) is 195 cm³/mol. The van der Waals surface area contributed by atoms with E-state index in [-0.39, 0.29) is 31.6 Å². The molecule has 0 radical (unpaired) electrons. The molecule has 1 aliphatic carbocycles. The van der Waals surface area contributed by atoms with Gasteiger partial charge in [-0.05, 0) is 0 Å². The monoisotopic (exact) mass is 740 g/mol. The summed E-state index contributed by atoms with van der Waals surface area (Å²) in [7, 11) is -7.08. The quantitative estimate of drug-likeness (QED) is 0.200. The summed E-state index contributed by atoms with van der Waals surface area (Å²) in [6, 6.07) is 12.4. The van der Waals surface area contributed by atoms with Crippen LogP contribution in [0.5, 0.6) is 0 Å². The van der Waals surface area contributed by atoms with Crippen LogP contribution in [0.25, 0.3) is 0 Å². The van der Waals surface area contributed by atoms with Gasteiger partial charge in [0.15, 0.2) is 0 Å². The van der Waals surface area contributed by atoms with Crippen molar-refractivity contribution in [2.75, 3.05) is 6.61 Å². The second-order valence-electron chi connectivity index (χ2n) is 17.1. The number of aliphatic hydroxyl groups is 1. The first-order valence-corrected chi connectivity index (χ1v) is 27.4. The Labute approximate surface area is 282 Å². The van der Waals surface area contributed by atoms with E-state index in [2.05, 4.69) is 119 Å². The molecule has 0 spiro atoms. The Morgan fingerprint density at radius 2 is 1.42 bits per heavy atom. The Morgan fingerprint density at radius 3 is 1.89 bits per heavy atom. The summed E-state index contributed by atoms with van der Waals surface area (Å²) in [6.07, 6.45) is 0.772. The second kappa shape index (κ2) is 13.1. The number of carbonyl (C=O) groups excluding carboxylic acids is 1. The van der Waals surface area contributed by atoms with Gasteiger partial charge in [0, 0.05) is 0 Å². The van der Waals surface area contributed by atoms with Gasteiger partial charge in [0.2, 0.25) is 0 Å². The van der Waals surface area contributed by atoms with Crippen LogP contribution < -0.4 is 9.85 Å². The average molecular weight is 740 g/mol. The Morgan fingerprint density at radius 1 is 0.911 bits per heavy atom. The summed E-state index contributed by atoms with van der Waals surface area (Å²) in [5.41, 5.74) is -1.06. The molecule has 5 atom stereocenters. The molecule has 0 aliphatic heterocycles. The molecule has 0 saturated heterocycles. The third kappa shape index (κ3) is 7.85. The Kier molecular flexibility index (Phi) is 11.2. The predicted octanol–water partition coefficient (Wildman–Crippen LogP) is 7.58. The van der Waals surface area contributed by atoms with Crippen LogP contribution >= 0.6 is 0 Å². The topological polar surface area (TPSA) is 78.1 Å². The molecule has 1 N–H and O–H groups in total. The number of hydrogen-bond acceptors (Lipinski definition) is 6. The standard InChI is InChI=1S/C35H60O6SeSi3/c1-16-38-30(36)27-24-34(8,42-25-20-18-17-19-21-25)28(40-44(12,13)32(2,3)4)29(41-45(14,15)33(5,6)7)35(27,37)26-22-23-39-31(26)43(9,10)11/h17-23,27-29,37H,16,24H2,1-15H3/t27-,28-,29+,34+,35+/m0/s1. The summed E-state index contributed by atoms with van der Waals surface area (Å²) >= 11 is -0.111. The molecular weight excluding hydrogens is 680 g/mol. The maximum atomic E-state index is 14.2. The Hall–Kier alpha value is -0.980. The molecule has 1 saturated carbocycles. The van der Waals surface area contributed by atoms with Crippen molar-refractivity contribution in [1.82, 2.24) is 0 Å². The number of hydrogen-bond donors (Lipinski definition) is 1. The van der Waals surface area contributed by atoms with E-state index in [0.29, 0.717) is 12.0 Å². The first-order chi connectivity index (χ1) is 20.3. The Bertz CT molecular complexity index is 1310. The van der Waals surface area contributed by atoms with E-state index in [4.69, 9.17) is 18.0 Å². The van der Waals surface area contributed by atoms with E-state index in [1.807, 2.05) is 19.1 Å². The van der Waals surface area contributed by atoms with Gasteiger partial charge in [0.25, 0.3) is 0 Å². The zero-order valence-electron chi connectivity index (χ0n) is 30.6. The molecule has 0 amide bonds. The van der Waals surface area contributed by atoms with Crippen molar-refractivity contribution in [3.05, 3.63) is 48.2 Å². The number of carbonyl (C=O) groups is 1. The fourth-order valence-electron chi connectivity index (χ4n) is 5.66. The fourth-order valence-corrected chi connectivity index (χ4v) is 12.9. The Balaban J connectivity index is 2.46. The summed E-state index contributed by atoms with van der Waals surface area (Å²) in [5.74, 6) is -1.26. The molecule has 0 bridgehead atoms. The van der Waals surface area contributed by atoms with Crippen LogP contribution in [0.2, 0.25) is 60.2 Å². The van der Waals surface area contributed by atoms with Crippen molar-refractivity contribution in [2.24, 2.45) is 5.92 Å². The first-order valence-electron chi connectivity index (χ1n) is 16.4. The SMILES string of the molecule is CCOC(=O)[C@@H]1C[C@@](C)([Se]c2ccccc2)[C@@H](O[Si](C)(C)C(C)(C)C)[C@@H](O[Si](C)(C)C(C)(C)C)[C@@]1(O)c1ccoc1[Si](C)(C)C. The summed E-state index contributed by atoms with van der Waals surface area (Å²) in [5, 5.41) is 14.1. The second-order valence-corrected chi connectivity index (χ2v) is 34.9. The fraction of sp³-hybridized carbons (Fsp3) is 0.686. The first kappa shape index (κ1) is 38.5. The third-order valence-electron chi connectivity index (χ3n) is 10.4. The van der Waals surface area contributed by atoms with Crippen LogP contribution in [0.1, 0.15) is 67.4 Å². The van der Waals surface area contributed by atoms with Crippen LogP contribution in [0, 0.1) is 5.92 Å². The molecular formula is C35H60O6SeSi3. The molecule has 10 heteroatoms. The van der Waals surface area contributed by atoms with Gasteiger partial charge in [-0.15, -0.1) is 0 Å². The summed E-state index contributed by atoms with van der Waals surface area (Å²) < 4.78 is 27.7.